The second kappa shape index (κ2) is 7.82. The van der Waals surface area contributed by atoms with Gasteiger partial charge in [0.1, 0.15) is 28.9 Å². The molecule has 29 heavy (non-hydrogen) atoms. The van der Waals surface area contributed by atoms with Gasteiger partial charge in [-0.1, -0.05) is 18.2 Å². The Labute approximate surface area is 169 Å². The van der Waals surface area contributed by atoms with E-state index in [1.807, 2.05) is 24.3 Å². The molecule has 0 fully saturated rings. The Bertz CT molecular complexity index is 1240. The van der Waals surface area contributed by atoms with Gasteiger partial charge in [0.2, 0.25) is 5.78 Å². The van der Waals surface area contributed by atoms with Gasteiger partial charge < -0.3 is 4.74 Å². The zero-order valence-corrected chi connectivity index (χ0v) is 15.8. The summed E-state index contributed by atoms with van der Waals surface area (Å²) in [5.74, 6) is -1.39. The van der Waals surface area contributed by atoms with Crippen LogP contribution in [0.5, 0.6) is 5.75 Å². The normalized spacial score (nSPS) is 10.7. The third-order valence-corrected chi connectivity index (χ3v) is 5.61. The predicted octanol–water partition coefficient (Wildman–Crippen LogP) is 5.86. The Morgan fingerprint density at radius 3 is 2.34 bits per heavy atom. The second-order valence-corrected chi connectivity index (χ2v) is 7.32. The molecule has 0 N–H and O–H groups in total. The van der Waals surface area contributed by atoms with Gasteiger partial charge in [0.15, 0.2) is 0 Å². The van der Waals surface area contributed by atoms with E-state index < -0.39 is 11.6 Å². The SMILES string of the molecule is N#Cc1ccc(C(=O)c2sc3ccccc3c2OCc2c(F)cccc2F)cc1. The Morgan fingerprint density at radius 1 is 0.966 bits per heavy atom. The van der Waals surface area contributed by atoms with Crippen molar-refractivity contribution in [3.05, 3.63) is 99.9 Å². The summed E-state index contributed by atoms with van der Waals surface area (Å²) >= 11 is 1.25. The molecule has 4 aromatic rings. The number of ketones is 1. The summed E-state index contributed by atoms with van der Waals surface area (Å²) in [6.07, 6.45) is 0. The van der Waals surface area contributed by atoms with Crippen LogP contribution in [0.2, 0.25) is 0 Å². The molecule has 0 saturated heterocycles. The largest absolute Gasteiger partial charge is 0.486 e. The quantitative estimate of drug-likeness (QED) is 0.391. The van der Waals surface area contributed by atoms with Crippen LogP contribution in [0.1, 0.15) is 26.4 Å². The van der Waals surface area contributed by atoms with Gasteiger partial charge in [-0.3, -0.25) is 4.79 Å². The molecule has 1 aromatic heterocycles. The molecule has 0 aliphatic carbocycles. The summed E-state index contributed by atoms with van der Waals surface area (Å²) < 4.78 is 34.6. The minimum Gasteiger partial charge on any atom is -0.486 e. The van der Waals surface area contributed by atoms with Crippen LogP contribution in [0.4, 0.5) is 8.78 Å². The van der Waals surface area contributed by atoms with Crippen molar-refractivity contribution in [3.63, 3.8) is 0 Å². The lowest BCUT2D eigenvalue weighted by Crippen LogP contribution is -2.05. The molecule has 0 aliphatic rings. The van der Waals surface area contributed by atoms with E-state index in [4.69, 9.17) is 10.00 Å². The van der Waals surface area contributed by atoms with Crippen LogP contribution in [-0.4, -0.2) is 5.78 Å². The van der Waals surface area contributed by atoms with Gasteiger partial charge in [-0.2, -0.15) is 5.26 Å². The average Bonchev–Trinajstić information content (AvgIpc) is 3.11. The van der Waals surface area contributed by atoms with Gasteiger partial charge >= 0.3 is 0 Å². The number of rotatable bonds is 5. The number of carbonyl (C=O) groups excluding carboxylic acids is 1. The van der Waals surface area contributed by atoms with Crippen LogP contribution < -0.4 is 4.74 Å². The smallest absolute Gasteiger partial charge is 0.206 e. The Morgan fingerprint density at radius 2 is 1.66 bits per heavy atom. The number of carbonyl (C=O) groups is 1. The lowest BCUT2D eigenvalue weighted by atomic mass is 10.1. The van der Waals surface area contributed by atoms with Crippen LogP contribution >= 0.6 is 11.3 Å². The number of nitrogens with zero attached hydrogens (tertiary/aromatic N) is 1. The van der Waals surface area contributed by atoms with E-state index in [1.54, 1.807) is 30.3 Å². The highest BCUT2D eigenvalue weighted by atomic mass is 32.1. The molecule has 1 heterocycles. The fourth-order valence-electron chi connectivity index (χ4n) is 2.96. The first-order valence-electron chi connectivity index (χ1n) is 8.70. The number of hydrogen-bond acceptors (Lipinski definition) is 4. The molecule has 0 spiro atoms. The van der Waals surface area contributed by atoms with E-state index in [-0.39, 0.29) is 18.0 Å². The zero-order valence-electron chi connectivity index (χ0n) is 15.0. The van der Waals surface area contributed by atoms with Crippen molar-refractivity contribution in [1.29, 1.82) is 5.26 Å². The molecule has 0 amide bonds. The van der Waals surface area contributed by atoms with E-state index in [0.717, 1.165) is 16.8 Å². The maximum Gasteiger partial charge on any atom is 0.206 e. The van der Waals surface area contributed by atoms with Gasteiger partial charge in [-0.25, -0.2) is 8.78 Å². The molecular weight excluding hydrogens is 392 g/mol. The molecule has 0 unspecified atom stereocenters. The number of benzene rings is 3. The summed E-state index contributed by atoms with van der Waals surface area (Å²) in [6.45, 7) is -0.340. The van der Waals surface area contributed by atoms with Crippen molar-refractivity contribution < 1.29 is 18.3 Å². The van der Waals surface area contributed by atoms with Gasteiger partial charge in [-0.15, -0.1) is 11.3 Å². The maximum absolute atomic E-state index is 14.0. The highest BCUT2D eigenvalue weighted by molar-refractivity contribution is 7.21. The molecule has 0 saturated carbocycles. The van der Waals surface area contributed by atoms with Crippen molar-refractivity contribution in [2.75, 3.05) is 0 Å². The fourth-order valence-corrected chi connectivity index (χ4v) is 4.07. The lowest BCUT2D eigenvalue weighted by Gasteiger charge is -2.10. The van der Waals surface area contributed by atoms with E-state index in [2.05, 4.69) is 0 Å². The molecular formula is C23H13F2NO2S. The summed E-state index contributed by atoms with van der Waals surface area (Å²) in [6, 6.07) is 19.2. The third-order valence-electron chi connectivity index (χ3n) is 4.45. The first-order chi connectivity index (χ1) is 14.1. The molecule has 0 radical (unpaired) electrons. The van der Waals surface area contributed by atoms with E-state index in [0.29, 0.717) is 27.1 Å². The first-order valence-corrected chi connectivity index (χ1v) is 9.52. The number of halogens is 2. The summed E-state index contributed by atoms with van der Waals surface area (Å²) in [5.41, 5.74) is 0.654. The summed E-state index contributed by atoms with van der Waals surface area (Å²) in [4.78, 5) is 13.4. The molecule has 142 valence electrons. The van der Waals surface area contributed by atoms with Crippen LogP contribution in [-0.2, 0) is 6.61 Å². The average molecular weight is 405 g/mol. The number of nitriles is 1. The zero-order chi connectivity index (χ0) is 20.4. The standard InChI is InChI=1S/C23H13F2NO2S/c24-18-5-3-6-19(25)17(18)13-28-22-16-4-1-2-7-20(16)29-23(22)21(27)15-10-8-14(12-26)9-11-15/h1-11H,13H2. The van der Waals surface area contributed by atoms with Crippen LogP contribution in [0.3, 0.4) is 0 Å². The molecule has 6 heteroatoms. The summed E-state index contributed by atoms with van der Waals surface area (Å²) in [5, 5.41) is 9.63. The van der Waals surface area contributed by atoms with Crippen LogP contribution in [0, 0.1) is 23.0 Å². The van der Waals surface area contributed by atoms with Crippen LogP contribution in [0.25, 0.3) is 10.1 Å². The monoisotopic (exact) mass is 405 g/mol. The van der Waals surface area contributed by atoms with Crippen molar-refractivity contribution >= 4 is 27.2 Å². The third kappa shape index (κ3) is 3.60. The van der Waals surface area contributed by atoms with Crippen molar-refractivity contribution in [1.82, 2.24) is 0 Å². The second-order valence-electron chi connectivity index (χ2n) is 6.26. The molecule has 3 aromatic carbocycles. The molecule has 4 rings (SSSR count). The minimum absolute atomic E-state index is 0.195. The van der Waals surface area contributed by atoms with Crippen molar-refractivity contribution in [2.45, 2.75) is 6.61 Å². The Balaban J connectivity index is 1.74. The molecule has 0 bridgehead atoms. The number of hydrogen-bond donors (Lipinski definition) is 0. The first kappa shape index (κ1) is 18.8. The van der Waals surface area contributed by atoms with Crippen molar-refractivity contribution in [3.8, 4) is 11.8 Å². The van der Waals surface area contributed by atoms with E-state index >= 15 is 0 Å². The highest BCUT2D eigenvalue weighted by Gasteiger charge is 2.22. The van der Waals surface area contributed by atoms with Gasteiger partial charge in [0.05, 0.1) is 17.2 Å². The summed E-state index contributed by atoms with van der Waals surface area (Å²) in [7, 11) is 0. The number of ether oxygens (including phenoxy) is 1. The van der Waals surface area contributed by atoms with Gasteiger partial charge in [-0.05, 0) is 48.5 Å². The molecule has 3 nitrogen and oxygen atoms in total. The topological polar surface area (TPSA) is 50.1 Å². The molecule has 0 atom stereocenters. The maximum atomic E-state index is 14.0. The number of thiophene rings is 1. The number of fused-ring (bicyclic) bond motifs is 1. The lowest BCUT2D eigenvalue weighted by molar-refractivity contribution is 0.103. The van der Waals surface area contributed by atoms with E-state index in [1.165, 1.54) is 17.4 Å². The highest BCUT2D eigenvalue weighted by Crippen LogP contribution is 2.39. The Kier molecular flexibility index (Phi) is 5.07. The van der Waals surface area contributed by atoms with Gasteiger partial charge in [0, 0.05) is 15.6 Å². The van der Waals surface area contributed by atoms with Crippen LogP contribution in [0.15, 0.2) is 66.7 Å². The minimum atomic E-state index is -0.704. The van der Waals surface area contributed by atoms with Crippen molar-refractivity contribution in [2.24, 2.45) is 0 Å². The Hall–Kier alpha value is -3.56. The van der Waals surface area contributed by atoms with Gasteiger partial charge in [0.25, 0.3) is 0 Å². The predicted molar refractivity (Wildman–Crippen MR) is 107 cm³/mol. The molecule has 0 aliphatic heterocycles. The van der Waals surface area contributed by atoms with E-state index in [9.17, 15) is 13.6 Å². The fraction of sp³-hybridized carbons (Fsp3) is 0.0435.